The van der Waals surface area contributed by atoms with Crippen LogP contribution in [0.3, 0.4) is 0 Å². The summed E-state index contributed by atoms with van der Waals surface area (Å²) in [7, 11) is 0. The fourth-order valence-corrected chi connectivity index (χ4v) is 3.74. The van der Waals surface area contributed by atoms with Gasteiger partial charge in [-0.1, -0.05) is 24.3 Å². The maximum absolute atomic E-state index is 13.9. The zero-order valence-electron chi connectivity index (χ0n) is 17.2. The summed E-state index contributed by atoms with van der Waals surface area (Å²) in [5.41, 5.74) is 2.18. The van der Waals surface area contributed by atoms with Gasteiger partial charge in [-0.25, -0.2) is 13.2 Å². The highest BCUT2D eigenvalue weighted by atomic mass is 19.2. The molecule has 1 aliphatic rings. The van der Waals surface area contributed by atoms with Gasteiger partial charge in [0.15, 0.2) is 11.6 Å². The lowest BCUT2D eigenvalue weighted by Gasteiger charge is -2.25. The lowest BCUT2D eigenvalue weighted by Crippen LogP contribution is -2.29. The Morgan fingerprint density at radius 3 is 2.16 bits per heavy atom. The lowest BCUT2D eigenvalue weighted by atomic mass is 9.94. The average Bonchev–Trinajstić information content (AvgIpc) is 3.03. The molecule has 1 heterocycles. The molecule has 4 rings (SSSR count). The Morgan fingerprint density at radius 2 is 1.53 bits per heavy atom. The van der Waals surface area contributed by atoms with Crippen molar-refractivity contribution in [3.8, 4) is 0 Å². The monoisotopic (exact) mass is 437 g/mol. The van der Waals surface area contributed by atoms with Crippen LogP contribution in [0.2, 0.25) is 0 Å². The number of carbonyl (C=O) groups excluding carboxylic acids is 2. The Hall–Kier alpha value is -3.87. The van der Waals surface area contributed by atoms with Crippen molar-refractivity contribution < 1.29 is 27.9 Å². The summed E-state index contributed by atoms with van der Waals surface area (Å²) in [5.74, 6) is -5.26. The highest BCUT2D eigenvalue weighted by Gasteiger charge is 2.47. The normalized spacial score (nSPS) is 17.8. The Kier molecular flexibility index (Phi) is 5.34. The van der Waals surface area contributed by atoms with Crippen LogP contribution < -0.4 is 4.90 Å². The van der Waals surface area contributed by atoms with Crippen LogP contribution in [0, 0.1) is 31.3 Å². The number of anilines is 1. The number of rotatable bonds is 3. The largest absolute Gasteiger partial charge is 0.507 e. The maximum Gasteiger partial charge on any atom is 0.300 e. The average molecular weight is 437 g/mol. The summed E-state index contributed by atoms with van der Waals surface area (Å²) in [4.78, 5) is 26.9. The number of hydrogen-bond acceptors (Lipinski definition) is 3. The van der Waals surface area contributed by atoms with Gasteiger partial charge in [-0.05, 0) is 60.9 Å². The van der Waals surface area contributed by atoms with E-state index in [0.717, 1.165) is 46.4 Å². The molecule has 162 valence electrons. The SMILES string of the molecule is Cc1ccc(/C(O)=C2\C(=O)C(=O)N(c3ccc(F)c(F)c3)C2c2ccc(F)cc2)cc1C. The van der Waals surface area contributed by atoms with Gasteiger partial charge < -0.3 is 5.11 Å². The molecule has 0 bridgehead atoms. The molecule has 0 saturated carbocycles. The van der Waals surface area contributed by atoms with Gasteiger partial charge in [0.05, 0.1) is 11.6 Å². The number of carbonyl (C=O) groups is 2. The number of nitrogens with zero attached hydrogens (tertiary/aromatic N) is 1. The number of hydrogen-bond donors (Lipinski definition) is 1. The Bertz CT molecular complexity index is 1280. The number of ketones is 1. The first-order chi connectivity index (χ1) is 15.2. The van der Waals surface area contributed by atoms with Crippen LogP contribution in [-0.4, -0.2) is 16.8 Å². The van der Waals surface area contributed by atoms with Gasteiger partial charge in [-0.3, -0.25) is 14.5 Å². The number of aliphatic hydroxyl groups is 1. The van der Waals surface area contributed by atoms with Crippen molar-refractivity contribution in [2.45, 2.75) is 19.9 Å². The number of Topliss-reactive ketones (excluding diaryl/α,β-unsaturated/α-hetero) is 1. The number of amides is 1. The van der Waals surface area contributed by atoms with Crippen LogP contribution in [0.15, 0.2) is 66.2 Å². The van der Waals surface area contributed by atoms with E-state index in [9.17, 15) is 27.9 Å². The van der Waals surface area contributed by atoms with Crippen molar-refractivity contribution in [1.82, 2.24) is 0 Å². The quantitative estimate of drug-likeness (QED) is 0.342. The summed E-state index contributed by atoms with van der Waals surface area (Å²) in [6.45, 7) is 3.73. The maximum atomic E-state index is 13.9. The molecule has 4 nitrogen and oxygen atoms in total. The van der Waals surface area contributed by atoms with E-state index in [1.807, 2.05) is 13.8 Å². The molecule has 1 unspecified atom stereocenters. The minimum absolute atomic E-state index is 0.0699. The topological polar surface area (TPSA) is 57.6 Å². The molecule has 7 heteroatoms. The highest BCUT2D eigenvalue weighted by molar-refractivity contribution is 6.51. The standard InChI is InChI=1S/C25H18F3NO3/c1-13-3-4-16(11-14(13)2)23(30)21-22(15-5-7-17(26)8-6-15)29(25(32)24(21)31)18-9-10-19(27)20(28)12-18/h3-12,22,30H,1-2H3/b23-21+. The first kappa shape index (κ1) is 21.4. The summed E-state index contributed by atoms with van der Waals surface area (Å²) in [6.07, 6.45) is 0. The van der Waals surface area contributed by atoms with E-state index in [2.05, 4.69) is 0 Å². The van der Waals surface area contributed by atoms with E-state index in [1.165, 1.54) is 12.1 Å². The van der Waals surface area contributed by atoms with Crippen molar-refractivity contribution in [3.63, 3.8) is 0 Å². The van der Waals surface area contributed by atoms with Crippen molar-refractivity contribution in [1.29, 1.82) is 0 Å². The molecule has 0 aliphatic carbocycles. The van der Waals surface area contributed by atoms with Gasteiger partial charge in [-0.2, -0.15) is 0 Å². The first-order valence-electron chi connectivity index (χ1n) is 9.78. The molecule has 32 heavy (non-hydrogen) atoms. The van der Waals surface area contributed by atoms with Crippen LogP contribution >= 0.6 is 0 Å². The van der Waals surface area contributed by atoms with Gasteiger partial charge in [0.25, 0.3) is 11.7 Å². The second kappa shape index (κ2) is 8.00. The second-order valence-electron chi connectivity index (χ2n) is 7.62. The molecule has 1 N–H and O–H groups in total. The van der Waals surface area contributed by atoms with Crippen molar-refractivity contribution >= 4 is 23.1 Å². The molecule has 0 spiro atoms. The predicted molar refractivity (Wildman–Crippen MR) is 113 cm³/mol. The first-order valence-corrected chi connectivity index (χ1v) is 9.78. The highest BCUT2D eigenvalue weighted by Crippen LogP contribution is 2.42. The Balaban J connectivity index is 1.96. The molecule has 0 aromatic heterocycles. The molecule has 3 aromatic carbocycles. The molecule has 1 saturated heterocycles. The van der Waals surface area contributed by atoms with E-state index in [4.69, 9.17) is 0 Å². The van der Waals surface area contributed by atoms with Crippen LogP contribution in [0.1, 0.15) is 28.3 Å². The van der Waals surface area contributed by atoms with Gasteiger partial charge in [0, 0.05) is 17.3 Å². The third-order valence-corrected chi connectivity index (χ3v) is 5.59. The van der Waals surface area contributed by atoms with Gasteiger partial charge in [0.1, 0.15) is 11.6 Å². The smallest absolute Gasteiger partial charge is 0.300 e. The lowest BCUT2D eigenvalue weighted by molar-refractivity contribution is -0.132. The van der Waals surface area contributed by atoms with Crippen molar-refractivity contribution in [2.24, 2.45) is 0 Å². The summed E-state index contributed by atoms with van der Waals surface area (Å²) in [6, 6.07) is 11.7. The van der Waals surface area contributed by atoms with Gasteiger partial charge in [0.2, 0.25) is 0 Å². The van der Waals surface area contributed by atoms with E-state index in [-0.39, 0.29) is 11.3 Å². The summed E-state index contributed by atoms with van der Waals surface area (Å²) < 4.78 is 41.0. The predicted octanol–water partition coefficient (Wildman–Crippen LogP) is 5.35. The van der Waals surface area contributed by atoms with Gasteiger partial charge in [-0.15, -0.1) is 0 Å². The third kappa shape index (κ3) is 3.56. The summed E-state index contributed by atoms with van der Waals surface area (Å²) >= 11 is 0. The minimum atomic E-state index is -1.20. The molecule has 1 aliphatic heterocycles. The van der Waals surface area contributed by atoms with E-state index >= 15 is 0 Å². The Labute approximate surface area is 182 Å². The minimum Gasteiger partial charge on any atom is -0.507 e. The van der Waals surface area contributed by atoms with Gasteiger partial charge >= 0.3 is 0 Å². The third-order valence-electron chi connectivity index (χ3n) is 5.59. The molecule has 1 fully saturated rings. The number of aryl methyl sites for hydroxylation is 2. The van der Waals surface area contributed by atoms with Crippen LogP contribution in [-0.2, 0) is 9.59 Å². The van der Waals surface area contributed by atoms with Crippen molar-refractivity contribution in [2.75, 3.05) is 4.90 Å². The molecule has 1 amide bonds. The van der Waals surface area contributed by atoms with E-state index in [0.29, 0.717) is 11.1 Å². The zero-order chi connectivity index (χ0) is 23.2. The fraction of sp³-hybridized carbons (Fsp3) is 0.120. The molecular formula is C25H18F3NO3. The van der Waals surface area contributed by atoms with Crippen LogP contribution in [0.5, 0.6) is 0 Å². The second-order valence-corrected chi connectivity index (χ2v) is 7.62. The zero-order valence-corrected chi connectivity index (χ0v) is 17.2. The number of aliphatic hydroxyl groups excluding tert-OH is 1. The molecule has 3 aromatic rings. The Morgan fingerprint density at radius 1 is 0.844 bits per heavy atom. The number of benzene rings is 3. The fourth-order valence-electron chi connectivity index (χ4n) is 3.74. The van der Waals surface area contributed by atoms with Crippen LogP contribution in [0.25, 0.3) is 5.76 Å². The van der Waals surface area contributed by atoms with E-state index < -0.39 is 40.9 Å². The summed E-state index contributed by atoms with van der Waals surface area (Å²) in [5, 5.41) is 11.0. The van der Waals surface area contributed by atoms with Crippen molar-refractivity contribution in [3.05, 3.63) is 106 Å². The van der Waals surface area contributed by atoms with E-state index in [1.54, 1.807) is 18.2 Å². The number of halogens is 3. The molecule has 1 atom stereocenters. The van der Waals surface area contributed by atoms with Crippen LogP contribution in [0.4, 0.5) is 18.9 Å². The molecular weight excluding hydrogens is 419 g/mol. The molecule has 0 radical (unpaired) electrons.